The minimum absolute atomic E-state index is 0.0620. The summed E-state index contributed by atoms with van der Waals surface area (Å²) in [7, 11) is 1.75. The normalized spacial score (nSPS) is 12.3. The molecule has 0 saturated carbocycles. The number of halogens is 1. The number of rotatable bonds is 9. The zero-order chi connectivity index (χ0) is 18.1. The van der Waals surface area contributed by atoms with Gasteiger partial charge in [-0.05, 0) is 57.0 Å². The Hall–Kier alpha value is -1.59. The second-order valence-electron chi connectivity index (χ2n) is 6.67. The van der Waals surface area contributed by atoms with Crippen molar-refractivity contribution >= 4 is 29.1 Å². The average Bonchev–Trinajstić information content (AvgIpc) is 2.47. The molecule has 2 N–H and O–H groups in total. The predicted octanol–water partition coefficient (Wildman–Crippen LogP) is 3.15. The maximum Gasteiger partial charge on any atom is 0.238 e. The van der Waals surface area contributed by atoms with Gasteiger partial charge in [-0.1, -0.05) is 25.4 Å². The van der Waals surface area contributed by atoms with Crippen molar-refractivity contribution in [2.45, 2.75) is 39.7 Å². The molecule has 24 heavy (non-hydrogen) atoms. The fraction of sp³-hybridized carbons (Fsp3) is 0.556. The van der Waals surface area contributed by atoms with Gasteiger partial charge in [-0.15, -0.1) is 0 Å². The third-order valence-corrected chi connectivity index (χ3v) is 3.79. The number of amides is 2. The van der Waals surface area contributed by atoms with E-state index in [-0.39, 0.29) is 30.9 Å². The van der Waals surface area contributed by atoms with Crippen molar-refractivity contribution in [2.75, 3.05) is 25.5 Å². The standard InChI is InChI=1S/C18H28ClN3O2/c1-13(2)5-6-14(3)20-17(23)11-22(4)12-18(24)21-16-9-7-15(19)8-10-16/h7-10,13-14H,5-6,11-12H2,1-4H3,(H,20,23)(H,21,24)/t14-/m0/s1. The van der Waals surface area contributed by atoms with E-state index in [9.17, 15) is 9.59 Å². The first-order chi connectivity index (χ1) is 11.3. The lowest BCUT2D eigenvalue weighted by molar-refractivity contribution is -0.123. The van der Waals surface area contributed by atoms with Gasteiger partial charge >= 0.3 is 0 Å². The molecule has 0 spiro atoms. The van der Waals surface area contributed by atoms with E-state index < -0.39 is 0 Å². The zero-order valence-corrected chi connectivity index (χ0v) is 15.7. The second kappa shape index (κ2) is 10.3. The third-order valence-electron chi connectivity index (χ3n) is 3.54. The molecule has 0 aliphatic carbocycles. The van der Waals surface area contributed by atoms with Crippen molar-refractivity contribution in [1.29, 1.82) is 0 Å². The van der Waals surface area contributed by atoms with Crippen LogP contribution in [0.3, 0.4) is 0 Å². The van der Waals surface area contributed by atoms with Gasteiger partial charge in [0.05, 0.1) is 13.1 Å². The van der Waals surface area contributed by atoms with Gasteiger partial charge in [0.1, 0.15) is 0 Å². The Bertz CT molecular complexity index is 532. The molecule has 0 heterocycles. The van der Waals surface area contributed by atoms with E-state index >= 15 is 0 Å². The summed E-state index contributed by atoms with van der Waals surface area (Å²) in [5.74, 6) is 0.400. The Morgan fingerprint density at radius 3 is 2.21 bits per heavy atom. The lowest BCUT2D eigenvalue weighted by Gasteiger charge is -2.19. The number of carbonyl (C=O) groups excluding carboxylic acids is 2. The van der Waals surface area contributed by atoms with Gasteiger partial charge in [-0.2, -0.15) is 0 Å². The van der Waals surface area contributed by atoms with Crippen LogP contribution >= 0.6 is 11.6 Å². The highest BCUT2D eigenvalue weighted by Crippen LogP contribution is 2.13. The van der Waals surface area contributed by atoms with Crippen molar-refractivity contribution < 1.29 is 9.59 Å². The molecule has 0 aromatic heterocycles. The van der Waals surface area contributed by atoms with Crippen LogP contribution in [0.5, 0.6) is 0 Å². The van der Waals surface area contributed by atoms with Crippen LogP contribution < -0.4 is 10.6 Å². The molecule has 0 saturated heterocycles. The highest BCUT2D eigenvalue weighted by molar-refractivity contribution is 6.30. The highest BCUT2D eigenvalue weighted by Gasteiger charge is 2.13. The second-order valence-corrected chi connectivity index (χ2v) is 7.10. The molecule has 0 radical (unpaired) electrons. The van der Waals surface area contributed by atoms with Crippen LogP contribution in [0.4, 0.5) is 5.69 Å². The van der Waals surface area contributed by atoms with E-state index in [4.69, 9.17) is 11.6 Å². The van der Waals surface area contributed by atoms with E-state index in [0.29, 0.717) is 16.6 Å². The summed E-state index contributed by atoms with van der Waals surface area (Å²) in [5.41, 5.74) is 0.685. The predicted molar refractivity (Wildman–Crippen MR) is 99.3 cm³/mol. The van der Waals surface area contributed by atoms with Gasteiger partial charge in [0.25, 0.3) is 0 Å². The first-order valence-corrected chi connectivity index (χ1v) is 8.67. The minimum Gasteiger partial charge on any atom is -0.353 e. The number of likely N-dealkylation sites (N-methyl/N-ethyl adjacent to an activating group) is 1. The van der Waals surface area contributed by atoms with Crippen molar-refractivity contribution in [3.05, 3.63) is 29.3 Å². The lowest BCUT2D eigenvalue weighted by Crippen LogP contribution is -2.42. The summed E-state index contributed by atoms with van der Waals surface area (Å²) >= 11 is 5.81. The fourth-order valence-electron chi connectivity index (χ4n) is 2.26. The largest absolute Gasteiger partial charge is 0.353 e. The quantitative estimate of drug-likeness (QED) is 0.717. The molecule has 2 amide bonds. The van der Waals surface area contributed by atoms with Crippen LogP contribution in [0.15, 0.2) is 24.3 Å². The summed E-state index contributed by atoms with van der Waals surface area (Å²) < 4.78 is 0. The molecule has 0 aliphatic heterocycles. The summed E-state index contributed by atoms with van der Waals surface area (Å²) in [5, 5.41) is 6.36. The zero-order valence-electron chi connectivity index (χ0n) is 14.9. The van der Waals surface area contributed by atoms with Crippen LogP contribution in [0.2, 0.25) is 5.02 Å². The minimum atomic E-state index is -0.166. The number of nitrogens with zero attached hydrogens (tertiary/aromatic N) is 1. The molecule has 5 nitrogen and oxygen atoms in total. The van der Waals surface area contributed by atoms with Crippen molar-refractivity contribution in [3.8, 4) is 0 Å². The number of benzene rings is 1. The third kappa shape index (κ3) is 8.89. The van der Waals surface area contributed by atoms with E-state index in [0.717, 1.165) is 12.8 Å². The number of hydrogen-bond acceptors (Lipinski definition) is 3. The van der Waals surface area contributed by atoms with E-state index in [1.807, 2.05) is 6.92 Å². The van der Waals surface area contributed by atoms with Crippen LogP contribution in [-0.4, -0.2) is 42.9 Å². The number of nitrogens with one attached hydrogen (secondary N) is 2. The Morgan fingerprint density at radius 1 is 1.04 bits per heavy atom. The van der Waals surface area contributed by atoms with E-state index in [1.165, 1.54) is 0 Å². The molecule has 1 rings (SSSR count). The van der Waals surface area contributed by atoms with Gasteiger partial charge in [-0.3, -0.25) is 14.5 Å². The topological polar surface area (TPSA) is 61.4 Å². The lowest BCUT2D eigenvalue weighted by atomic mass is 10.0. The van der Waals surface area contributed by atoms with Crippen LogP contribution in [-0.2, 0) is 9.59 Å². The fourth-order valence-corrected chi connectivity index (χ4v) is 2.38. The monoisotopic (exact) mass is 353 g/mol. The molecule has 1 atom stereocenters. The maximum atomic E-state index is 12.0. The van der Waals surface area contributed by atoms with Crippen molar-refractivity contribution in [3.63, 3.8) is 0 Å². The number of anilines is 1. The summed E-state index contributed by atoms with van der Waals surface area (Å²) in [6.45, 7) is 6.69. The maximum absolute atomic E-state index is 12.0. The SMILES string of the molecule is CC(C)CC[C@H](C)NC(=O)CN(C)CC(=O)Nc1ccc(Cl)cc1. The van der Waals surface area contributed by atoms with Crippen LogP contribution in [0.1, 0.15) is 33.6 Å². The van der Waals surface area contributed by atoms with Crippen LogP contribution in [0.25, 0.3) is 0 Å². The first-order valence-electron chi connectivity index (χ1n) is 8.29. The van der Waals surface area contributed by atoms with Crippen LogP contribution in [0, 0.1) is 5.92 Å². The van der Waals surface area contributed by atoms with Gasteiger partial charge in [0.15, 0.2) is 0 Å². The van der Waals surface area contributed by atoms with Crippen molar-refractivity contribution in [2.24, 2.45) is 5.92 Å². The Morgan fingerprint density at radius 2 is 1.62 bits per heavy atom. The van der Waals surface area contributed by atoms with Gasteiger partial charge in [0.2, 0.25) is 11.8 Å². The Labute approximate surface area is 149 Å². The van der Waals surface area contributed by atoms with Gasteiger partial charge in [-0.25, -0.2) is 0 Å². The molecule has 1 aromatic rings. The van der Waals surface area contributed by atoms with Crippen molar-refractivity contribution in [1.82, 2.24) is 10.2 Å². The molecule has 0 fully saturated rings. The first kappa shape index (κ1) is 20.5. The Balaban J connectivity index is 2.31. The molecule has 6 heteroatoms. The van der Waals surface area contributed by atoms with Gasteiger partial charge < -0.3 is 10.6 Å². The summed E-state index contributed by atoms with van der Waals surface area (Å²) in [6.07, 6.45) is 2.05. The molecule has 0 aliphatic rings. The smallest absolute Gasteiger partial charge is 0.238 e. The molecule has 0 bridgehead atoms. The molecule has 0 unspecified atom stereocenters. The number of carbonyl (C=O) groups is 2. The molecular formula is C18H28ClN3O2. The summed E-state index contributed by atoms with van der Waals surface area (Å²) in [4.78, 5) is 25.6. The molecular weight excluding hydrogens is 326 g/mol. The molecule has 134 valence electrons. The number of hydrogen-bond donors (Lipinski definition) is 2. The summed E-state index contributed by atoms with van der Waals surface area (Å²) in [6, 6.07) is 7.06. The average molecular weight is 354 g/mol. The molecule has 1 aromatic carbocycles. The highest BCUT2D eigenvalue weighted by atomic mass is 35.5. The van der Waals surface area contributed by atoms with E-state index in [1.54, 1.807) is 36.2 Å². The Kier molecular flexibility index (Phi) is 8.79. The van der Waals surface area contributed by atoms with E-state index in [2.05, 4.69) is 24.5 Å². The van der Waals surface area contributed by atoms with Gasteiger partial charge in [0, 0.05) is 16.8 Å².